The highest BCUT2D eigenvalue weighted by Crippen LogP contribution is 2.29. The first-order chi connectivity index (χ1) is 7.58. The molecule has 1 aliphatic rings. The van der Waals surface area contributed by atoms with Crippen molar-refractivity contribution in [3.05, 3.63) is 11.6 Å². The maximum Gasteiger partial charge on any atom is 0.0162 e. The van der Waals surface area contributed by atoms with Gasteiger partial charge in [0.1, 0.15) is 0 Å². The smallest absolute Gasteiger partial charge is 0.0162 e. The molecule has 16 heavy (non-hydrogen) atoms. The van der Waals surface area contributed by atoms with Crippen molar-refractivity contribution in [3.8, 4) is 0 Å². The maximum atomic E-state index is 3.51. The fourth-order valence-corrected chi connectivity index (χ4v) is 2.47. The van der Waals surface area contributed by atoms with Crippen molar-refractivity contribution >= 4 is 0 Å². The summed E-state index contributed by atoms with van der Waals surface area (Å²) in [6, 6.07) is 0. The molecule has 1 saturated carbocycles. The van der Waals surface area contributed by atoms with E-state index in [1.807, 2.05) is 0 Å². The third-order valence-electron chi connectivity index (χ3n) is 3.54. The SMILES string of the molecule is CC(=CC1CCC(C)CC1)CNCC(C)C. The van der Waals surface area contributed by atoms with Gasteiger partial charge in [0.25, 0.3) is 0 Å². The van der Waals surface area contributed by atoms with E-state index in [9.17, 15) is 0 Å². The minimum absolute atomic E-state index is 0.753. The summed E-state index contributed by atoms with van der Waals surface area (Å²) in [6.07, 6.45) is 8.17. The molecule has 94 valence electrons. The number of allylic oxidation sites excluding steroid dienone is 1. The Morgan fingerprint density at radius 2 is 1.88 bits per heavy atom. The molecule has 0 unspecified atom stereocenters. The molecule has 0 aliphatic heterocycles. The number of hydrogen-bond acceptors (Lipinski definition) is 1. The van der Waals surface area contributed by atoms with Crippen LogP contribution in [0.25, 0.3) is 0 Å². The fourth-order valence-electron chi connectivity index (χ4n) is 2.47. The van der Waals surface area contributed by atoms with Crippen molar-refractivity contribution in [2.45, 2.75) is 53.4 Å². The minimum atomic E-state index is 0.753. The minimum Gasteiger partial charge on any atom is -0.313 e. The summed E-state index contributed by atoms with van der Waals surface area (Å²) in [7, 11) is 0. The lowest BCUT2D eigenvalue weighted by molar-refractivity contribution is 0.329. The van der Waals surface area contributed by atoms with Gasteiger partial charge in [0.05, 0.1) is 0 Å². The summed E-state index contributed by atoms with van der Waals surface area (Å²) in [4.78, 5) is 0. The van der Waals surface area contributed by atoms with Gasteiger partial charge in [-0.05, 0) is 44.1 Å². The van der Waals surface area contributed by atoms with Crippen LogP contribution in [0.3, 0.4) is 0 Å². The first-order valence-corrected chi connectivity index (χ1v) is 6.96. The standard InChI is InChI=1S/C15H29N/c1-12(2)10-16-11-14(4)9-15-7-5-13(3)6-8-15/h9,12-13,15-16H,5-8,10-11H2,1-4H3. The maximum absolute atomic E-state index is 3.51. The zero-order valence-electron chi connectivity index (χ0n) is 11.6. The predicted octanol–water partition coefficient (Wildman–Crippen LogP) is 4.00. The van der Waals surface area contributed by atoms with Crippen LogP contribution in [0.1, 0.15) is 53.4 Å². The molecule has 0 aromatic rings. The molecule has 1 aliphatic carbocycles. The molecule has 1 rings (SSSR count). The van der Waals surface area contributed by atoms with E-state index in [-0.39, 0.29) is 0 Å². The second-order valence-corrected chi connectivity index (χ2v) is 6.06. The predicted molar refractivity (Wildman–Crippen MR) is 72.6 cm³/mol. The van der Waals surface area contributed by atoms with Crippen LogP contribution in [0.5, 0.6) is 0 Å². The van der Waals surface area contributed by atoms with Crippen molar-refractivity contribution < 1.29 is 0 Å². The second-order valence-electron chi connectivity index (χ2n) is 6.06. The molecule has 0 amide bonds. The molecule has 0 bridgehead atoms. The van der Waals surface area contributed by atoms with Gasteiger partial charge in [-0.15, -0.1) is 0 Å². The van der Waals surface area contributed by atoms with E-state index >= 15 is 0 Å². The Bertz CT molecular complexity index is 209. The van der Waals surface area contributed by atoms with Gasteiger partial charge >= 0.3 is 0 Å². The first kappa shape index (κ1) is 13.8. The Morgan fingerprint density at radius 1 is 1.25 bits per heavy atom. The Labute approximate surface area is 102 Å². The molecule has 0 aromatic carbocycles. The summed E-state index contributed by atoms with van der Waals surface area (Å²) >= 11 is 0. The van der Waals surface area contributed by atoms with Crippen LogP contribution in [0, 0.1) is 17.8 Å². The lowest BCUT2D eigenvalue weighted by Crippen LogP contribution is -2.22. The Kier molecular flexibility index (Phi) is 6.12. The highest BCUT2D eigenvalue weighted by Gasteiger charge is 2.16. The van der Waals surface area contributed by atoms with Gasteiger partial charge in [-0.25, -0.2) is 0 Å². The summed E-state index contributed by atoms with van der Waals surface area (Å²) in [6.45, 7) is 11.4. The van der Waals surface area contributed by atoms with E-state index in [1.165, 1.54) is 31.3 Å². The van der Waals surface area contributed by atoms with Crippen LogP contribution in [-0.4, -0.2) is 13.1 Å². The molecule has 0 saturated heterocycles. The van der Waals surface area contributed by atoms with E-state index < -0.39 is 0 Å². The van der Waals surface area contributed by atoms with Gasteiger partial charge in [0, 0.05) is 6.54 Å². The number of hydrogen-bond donors (Lipinski definition) is 1. The lowest BCUT2D eigenvalue weighted by atomic mass is 9.82. The van der Waals surface area contributed by atoms with Gasteiger partial charge in [0.2, 0.25) is 0 Å². The summed E-state index contributed by atoms with van der Waals surface area (Å²) in [5.74, 6) is 2.57. The molecule has 1 fully saturated rings. The van der Waals surface area contributed by atoms with Crippen molar-refractivity contribution in [2.75, 3.05) is 13.1 Å². The summed E-state index contributed by atoms with van der Waals surface area (Å²) < 4.78 is 0. The van der Waals surface area contributed by atoms with Crippen LogP contribution < -0.4 is 5.32 Å². The average Bonchev–Trinajstić information content (AvgIpc) is 2.21. The van der Waals surface area contributed by atoms with Crippen LogP contribution in [-0.2, 0) is 0 Å². The molecule has 1 nitrogen and oxygen atoms in total. The van der Waals surface area contributed by atoms with E-state index in [2.05, 4.69) is 39.1 Å². The van der Waals surface area contributed by atoms with Crippen LogP contribution in [0.4, 0.5) is 0 Å². The first-order valence-electron chi connectivity index (χ1n) is 6.96. The molecular formula is C15H29N. The number of rotatable bonds is 5. The van der Waals surface area contributed by atoms with Gasteiger partial charge < -0.3 is 5.32 Å². The molecule has 0 radical (unpaired) electrons. The highest BCUT2D eigenvalue weighted by atomic mass is 14.8. The zero-order chi connectivity index (χ0) is 12.0. The van der Waals surface area contributed by atoms with E-state index in [1.54, 1.807) is 0 Å². The highest BCUT2D eigenvalue weighted by molar-refractivity contribution is 5.03. The molecular weight excluding hydrogens is 194 g/mol. The van der Waals surface area contributed by atoms with Crippen molar-refractivity contribution in [1.82, 2.24) is 5.32 Å². The van der Waals surface area contributed by atoms with Crippen molar-refractivity contribution in [3.63, 3.8) is 0 Å². The Balaban J connectivity index is 2.21. The Morgan fingerprint density at radius 3 is 2.44 bits per heavy atom. The van der Waals surface area contributed by atoms with Gasteiger partial charge in [-0.2, -0.15) is 0 Å². The second kappa shape index (κ2) is 7.11. The average molecular weight is 223 g/mol. The van der Waals surface area contributed by atoms with Gasteiger partial charge in [-0.1, -0.05) is 45.3 Å². The Hall–Kier alpha value is -0.300. The third-order valence-corrected chi connectivity index (χ3v) is 3.54. The summed E-state index contributed by atoms with van der Waals surface area (Å²) in [5.41, 5.74) is 1.53. The monoisotopic (exact) mass is 223 g/mol. The van der Waals surface area contributed by atoms with E-state index in [4.69, 9.17) is 0 Å². The fraction of sp³-hybridized carbons (Fsp3) is 0.867. The van der Waals surface area contributed by atoms with E-state index in [0.717, 1.165) is 30.8 Å². The molecule has 0 atom stereocenters. The molecule has 0 spiro atoms. The summed E-state index contributed by atoms with van der Waals surface area (Å²) in [5, 5.41) is 3.51. The van der Waals surface area contributed by atoms with E-state index in [0.29, 0.717) is 0 Å². The van der Waals surface area contributed by atoms with Gasteiger partial charge in [0.15, 0.2) is 0 Å². The van der Waals surface area contributed by atoms with Crippen LogP contribution in [0.15, 0.2) is 11.6 Å². The van der Waals surface area contributed by atoms with Crippen LogP contribution >= 0.6 is 0 Å². The quantitative estimate of drug-likeness (QED) is 0.695. The van der Waals surface area contributed by atoms with Crippen molar-refractivity contribution in [1.29, 1.82) is 0 Å². The topological polar surface area (TPSA) is 12.0 Å². The molecule has 0 heterocycles. The molecule has 1 heteroatoms. The van der Waals surface area contributed by atoms with Gasteiger partial charge in [-0.3, -0.25) is 0 Å². The van der Waals surface area contributed by atoms with Crippen molar-refractivity contribution in [2.24, 2.45) is 17.8 Å². The largest absolute Gasteiger partial charge is 0.313 e. The zero-order valence-corrected chi connectivity index (χ0v) is 11.6. The normalized spacial score (nSPS) is 27.4. The number of nitrogens with one attached hydrogen (secondary N) is 1. The third kappa shape index (κ3) is 5.69. The molecule has 1 N–H and O–H groups in total. The van der Waals surface area contributed by atoms with Crippen LogP contribution in [0.2, 0.25) is 0 Å². The lowest BCUT2D eigenvalue weighted by Gasteiger charge is -2.24. The molecule has 0 aromatic heterocycles.